The fraction of sp³-hybridized carbons (Fsp3) is 0.100. The largest absolute Gasteiger partial charge is 0.398 e. The average molecular weight is 384 g/mol. The number of nitrogens with two attached hydrogens (primary N) is 2. The zero-order valence-corrected chi connectivity index (χ0v) is 15.9. The van der Waals surface area contributed by atoms with Crippen LogP contribution in [0.5, 0.6) is 0 Å². The summed E-state index contributed by atoms with van der Waals surface area (Å²) in [7, 11) is 0. The highest BCUT2D eigenvalue weighted by Gasteiger charge is 2.22. The maximum absolute atomic E-state index is 6.25. The Labute approximate surface area is 161 Å². The van der Waals surface area contributed by atoms with Gasteiger partial charge in [-0.3, -0.25) is 0 Å². The van der Waals surface area contributed by atoms with Crippen LogP contribution in [0.1, 0.15) is 11.1 Å². The Hall–Kier alpha value is -2.56. The molecule has 4 rings (SSSR count). The van der Waals surface area contributed by atoms with Gasteiger partial charge in [-0.2, -0.15) is 0 Å². The Bertz CT molecular complexity index is 1120. The first-order chi connectivity index (χ1) is 12.3. The van der Waals surface area contributed by atoms with Crippen molar-refractivity contribution in [3.8, 4) is 5.69 Å². The summed E-state index contributed by atoms with van der Waals surface area (Å²) >= 11 is 12.5. The number of hydrogen-bond donors (Lipinski definition) is 2. The molecule has 0 aliphatic rings. The monoisotopic (exact) mass is 383 g/mol. The van der Waals surface area contributed by atoms with E-state index in [1.807, 2.05) is 54.8 Å². The van der Waals surface area contributed by atoms with Gasteiger partial charge in [0.25, 0.3) is 0 Å². The number of anilines is 2. The molecule has 0 aliphatic carbocycles. The van der Waals surface area contributed by atoms with Crippen molar-refractivity contribution in [2.24, 2.45) is 0 Å². The van der Waals surface area contributed by atoms with E-state index in [0.717, 1.165) is 38.9 Å². The van der Waals surface area contributed by atoms with Crippen molar-refractivity contribution in [2.75, 3.05) is 11.5 Å². The van der Waals surface area contributed by atoms with Gasteiger partial charge in [0.2, 0.25) is 16.7 Å². The van der Waals surface area contributed by atoms with Gasteiger partial charge in [0.05, 0.1) is 0 Å². The van der Waals surface area contributed by atoms with Crippen molar-refractivity contribution in [1.82, 2.24) is 4.98 Å². The van der Waals surface area contributed by atoms with E-state index in [2.05, 4.69) is 0 Å². The first-order valence-electron chi connectivity index (χ1n) is 8.11. The molecule has 3 aromatic carbocycles. The second-order valence-electron chi connectivity index (χ2n) is 6.47. The quantitative estimate of drug-likeness (QED) is 0.283. The lowest BCUT2D eigenvalue weighted by Gasteiger charge is -2.09. The van der Waals surface area contributed by atoms with Gasteiger partial charge in [-0.15, -0.1) is 4.57 Å². The third-order valence-corrected chi connectivity index (χ3v) is 4.99. The van der Waals surface area contributed by atoms with Crippen molar-refractivity contribution >= 4 is 56.6 Å². The molecule has 26 heavy (non-hydrogen) atoms. The normalized spacial score (nSPS) is 11.4. The Balaban J connectivity index is 2.25. The van der Waals surface area contributed by atoms with Crippen molar-refractivity contribution in [1.29, 1.82) is 0 Å². The van der Waals surface area contributed by atoms with Gasteiger partial charge in [0.15, 0.2) is 0 Å². The van der Waals surface area contributed by atoms with Crippen LogP contribution in [0.4, 0.5) is 11.4 Å². The van der Waals surface area contributed by atoms with Crippen LogP contribution in [-0.4, -0.2) is 4.98 Å². The van der Waals surface area contributed by atoms with Crippen molar-refractivity contribution in [2.45, 2.75) is 13.8 Å². The Morgan fingerprint density at radius 1 is 0.731 bits per heavy atom. The molecule has 0 saturated heterocycles. The molecule has 0 radical (unpaired) electrons. The maximum atomic E-state index is 6.25. The predicted octanol–water partition coefficient (Wildman–Crippen LogP) is 4.75. The minimum Gasteiger partial charge on any atom is -0.398 e. The Kier molecular flexibility index (Phi) is 3.90. The second-order valence-corrected chi connectivity index (χ2v) is 7.34. The Morgan fingerprint density at radius 2 is 1.19 bits per heavy atom. The summed E-state index contributed by atoms with van der Waals surface area (Å²) in [5.41, 5.74) is 19.9. The molecule has 6 heteroatoms. The summed E-state index contributed by atoms with van der Waals surface area (Å²) in [5.74, 6) is 0. The first-order valence-corrected chi connectivity index (χ1v) is 8.87. The molecule has 0 fully saturated rings. The van der Waals surface area contributed by atoms with E-state index in [1.54, 1.807) is 6.07 Å². The van der Waals surface area contributed by atoms with Crippen molar-refractivity contribution in [3.63, 3.8) is 0 Å². The third kappa shape index (κ3) is 2.71. The summed E-state index contributed by atoms with van der Waals surface area (Å²) in [6, 6.07) is 13.2. The zero-order chi connectivity index (χ0) is 18.6. The average Bonchev–Trinajstić information content (AvgIpc) is 2.55. The topological polar surface area (TPSA) is 68.8 Å². The number of rotatable bonds is 1. The number of hydrogen-bond acceptors (Lipinski definition) is 3. The van der Waals surface area contributed by atoms with Crippen LogP contribution in [-0.2, 0) is 0 Å². The van der Waals surface area contributed by atoms with Crippen LogP contribution in [0.15, 0.2) is 42.5 Å². The molecule has 0 amide bonds. The van der Waals surface area contributed by atoms with E-state index >= 15 is 0 Å². The number of aromatic nitrogens is 2. The molecule has 0 atom stereocenters. The highest BCUT2D eigenvalue weighted by atomic mass is 35.5. The highest BCUT2D eigenvalue weighted by Crippen LogP contribution is 2.27. The number of fused-ring (bicyclic) bond motifs is 2. The molecule has 0 bridgehead atoms. The molecule has 0 aliphatic heterocycles. The fourth-order valence-corrected chi connectivity index (χ4v) is 3.65. The molecular formula is C20H17Cl2N4+. The molecule has 4 N–H and O–H groups in total. The molecule has 4 nitrogen and oxygen atoms in total. The number of aryl methyl sites for hydroxylation is 2. The van der Waals surface area contributed by atoms with Gasteiger partial charge in [-0.25, -0.2) is 4.98 Å². The van der Waals surface area contributed by atoms with E-state index in [-0.39, 0.29) is 0 Å². The molecule has 1 heterocycles. The lowest BCUT2D eigenvalue weighted by Crippen LogP contribution is -2.33. The predicted molar refractivity (Wildman–Crippen MR) is 109 cm³/mol. The van der Waals surface area contributed by atoms with Gasteiger partial charge in [0.1, 0.15) is 11.0 Å². The summed E-state index contributed by atoms with van der Waals surface area (Å²) in [4.78, 5) is 4.81. The second kappa shape index (κ2) is 6.01. The minimum absolute atomic E-state index is 0.554. The van der Waals surface area contributed by atoms with E-state index < -0.39 is 0 Å². The summed E-state index contributed by atoms with van der Waals surface area (Å²) in [6.07, 6.45) is 0. The van der Waals surface area contributed by atoms with E-state index in [1.165, 1.54) is 0 Å². The lowest BCUT2D eigenvalue weighted by atomic mass is 10.1. The van der Waals surface area contributed by atoms with E-state index in [0.29, 0.717) is 21.4 Å². The van der Waals surface area contributed by atoms with Gasteiger partial charge < -0.3 is 11.5 Å². The molecule has 0 saturated carbocycles. The maximum Gasteiger partial charge on any atom is 0.239 e. The van der Waals surface area contributed by atoms with Crippen LogP contribution in [0.25, 0.3) is 27.8 Å². The smallest absolute Gasteiger partial charge is 0.239 e. The van der Waals surface area contributed by atoms with Gasteiger partial charge in [0, 0.05) is 45.7 Å². The molecule has 130 valence electrons. The SMILES string of the molecule is Cc1cc2nc3cc(C)c(N)cc3[n+](-c3cc(Cl)cc(Cl)c3)c2cc1N. The molecule has 0 unspecified atom stereocenters. The number of nitrogen functional groups attached to an aromatic ring is 2. The first kappa shape index (κ1) is 16.9. The summed E-state index contributed by atoms with van der Waals surface area (Å²) in [6.45, 7) is 3.94. The van der Waals surface area contributed by atoms with Crippen molar-refractivity contribution in [3.05, 3.63) is 63.6 Å². The van der Waals surface area contributed by atoms with Crippen LogP contribution in [0.3, 0.4) is 0 Å². The lowest BCUT2D eigenvalue weighted by molar-refractivity contribution is -0.538. The van der Waals surface area contributed by atoms with Crippen LogP contribution in [0, 0.1) is 13.8 Å². The number of benzene rings is 3. The highest BCUT2D eigenvalue weighted by molar-refractivity contribution is 6.34. The number of nitrogens with zero attached hydrogens (tertiary/aromatic N) is 2. The van der Waals surface area contributed by atoms with Crippen LogP contribution in [0.2, 0.25) is 10.0 Å². The fourth-order valence-electron chi connectivity index (χ4n) is 3.14. The molecule has 1 aromatic heterocycles. The van der Waals surface area contributed by atoms with E-state index in [9.17, 15) is 0 Å². The van der Waals surface area contributed by atoms with Gasteiger partial charge in [-0.1, -0.05) is 23.2 Å². The molecule has 0 spiro atoms. The van der Waals surface area contributed by atoms with Crippen LogP contribution < -0.4 is 16.0 Å². The third-order valence-electron chi connectivity index (χ3n) is 4.55. The van der Waals surface area contributed by atoms with Gasteiger partial charge in [-0.05, 0) is 43.2 Å². The molecule has 4 aromatic rings. The van der Waals surface area contributed by atoms with Crippen LogP contribution >= 0.6 is 23.2 Å². The molecular weight excluding hydrogens is 367 g/mol. The number of halogens is 2. The summed E-state index contributed by atoms with van der Waals surface area (Å²) < 4.78 is 2.04. The minimum atomic E-state index is 0.554. The van der Waals surface area contributed by atoms with Gasteiger partial charge >= 0.3 is 0 Å². The van der Waals surface area contributed by atoms with Crippen molar-refractivity contribution < 1.29 is 4.57 Å². The summed E-state index contributed by atoms with van der Waals surface area (Å²) in [5, 5.41) is 1.11. The zero-order valence-electron chi connectivity index (χ0n) is 14.3. The van der Waals surface area contributed by atoms with E-state index in [4.69, 9.17) is 39.7 Å². The standard InChI is InChI=1S/C20H16Cl2N4/c1-10-3-17-19(8-15(10)23)26(14-6-12(21)5-13(22)7-14)20-9-16(24)11(2)4-18(20)25-17/h3-9H,1-2H3,(H3,23,24)/p+1. The Morgan fingerprint density at radius 3 is 1.65 bits per heavy atom.